The van der Waals surface area contributed by atoms with E-state index in [4.69, 9.17) is 6.48 Å². The predicted molar refractivity (Wildman–Crippen MR) is 15.9 cm³/mol. The average molecular weight is 57.1 g/mol. The summed E-state index contributed by atoms with van der Waals surface area (Å²) >= 11 is 0. The lowest BCUT2D eigenvalue weighted by Crippen LogP contribution is -1.64. The summed E-state index contributed by atoms with van der Waals surface area (Å²) in [5.41, 5.74) is 0. The third-order valence-electron chi connectivity index (χ3n) is 0.0745. The molecular weight excluding hydrogens is 52.0 g/mol. The minimum absolute atomic E-state index is 1.34. The van der Waals surface area contributed by atoms with Crippen LogP contribution in [0.5, 0.6) is 0 Å². The number of hydrogen-bond donors (Lipinski definition) is 1. The highest BCUT2D eigenvalue weighted by atomic mass is 16.2. The molecule has 0 saturated heterocycles. The third-order valence-corrected chi connectivity index (χ3v) is 0.0745. The molecular formula is C3H4O. The highest BCUT2D eigenvalue weighted by molar-refractivity contribution is 4.81. The van der Waals surface area contributed by atoms with Crippen molar-refractivity contribution in [3.63, 3.8) is 0 Å². The lowest BCUT2D eigenvalue weighted by Gasteiger charge is -1.55. The molecule has 1 nitrogen and oxygen atoms in total. The number of terminal acetylenes is 1. The monoisotopic (exact) mass is 57.0 g/mol. The van der Waals surface area contributed by atoms with E-state index in [1.807, 2.05) is 0 Å². The molecule has 1 N–H and O–H groups in total. The molecule has 0 radical (unpaired) electrons. The summed E-state index contributed by atoms with van der Waals surface area (Å²) in [6, 6.07) is 0. The van der Waals surface area contributed by atoms with Gasteiger partial charge in [-0.25, -0.2) is 0 Å². The molecule has 1 atom stereocenters. The van der Waals surface area contributed by atoms with Crippen LogP contribution in [-0.4, -0.2) is 11.7 Å². The smallest absolute Gasteiger partial charge is 0.103 e. The van der Waals surface area contributed by atoms with E-state index in [-0.39, 0.29) is 0 Å². The molecule has 0 heterocycles. The molecule has 4 heavy (non-hydrogen) atoms. The molecule has 0 aliphatic carbocycles. The Labute approximate surface area is 26.7 Å². The Morgan fingerprint density at radius 1 is 2.50 bits per heavy atom. The first-order valence-electron chi connectivity index (χ1n) is 1.41. The summed E-state index contributed by atoms with van der Waals surface area (Å²) < 4.78 is 6.15. The fourth-order valence-electron chi connectivity index (χ4n) is 0. The van der Waals surface area contributed by atoms with E-state index >= 15 is 0 Å². The van der Waals surface area contributed by atoms with Crippen molar-refractivity contribution < 1.29 is 6.48 Å². The number of hydrogen-bond acceptors (Lipinski definition) is 1. The zero-order valence-electron chi connectivity index (χ0n) is 3.10. The molecule has 22 valence electrons. The Morgan fingerprint density at radius 2 is 2.75 bits per heavy atom. The van der Waals surface area contributed by atoms with E-state index in [0.29, 0.717) is 0 Å². The van der Waals surface area contributed by atoms with Crippen molar-refractivity contribution >= 4 is 0 Å². The zero-order chi connectivity index (χ0) is 4.28. The van der Waals surface area contributed by atoms with E-state index in [1.165, 1.54) is 0 Å². The summed E-state index contributed by atoms with van der Waals surface area (Å²) in [5.74, 6) is 1.75. The van der Waals surface area contributed by atoms with Crippen LogP contribution in [-0.2, 0) is 0 Å². The predicted octanol–water partition coefficient (Wildman–Crippen LogP) is -0.388. The summed E-state index contributed by atoms with van der Waals surface area (Å²) in [7, 11) is 0. The maximum atomic E-state index is 7.79. The molecule has 0 aromatic carbocycles. The first-order valence-corrected chi connectivity index (χ1v) is 0.836. The molecule has 1 heteroatoms. The van der Waals surface area contributed by atoms with Crippen LogP contribution in [0.15, 0.2) is 0 Å². The van der Waals surface area contributed by atoms with Crippen LogP contribution < -0.4 is 0 Å². The molecule has 0 amide bonds. The van der Waals surface area contributed by atoms with Gasteiger partial charge in [-0.2, -0.15) is 0 Å². The molecule has 1 unspecified atom stereocenters. The molecule has 0 bridgehead atoms. The van der Waals surface area contributed by atoms with Gasteiger partial charge in [-0.1, -0.05) is 5.92 Å². The number of aliphatic hydroxyl groups excluding tert-OH is 1. The molecule has 0 saturated carbocycles. The highest BCUT2D eigenvalue weighted by Crippen LogP contribution is 1.34. The SMILES string of the molecule is [2H]C(O)C#C. The maximum absolute atomic E-state index is 7.79. The highest BCUT2D eigenvalue weighted by Gasteiger charge is 1.43. The van der Waals surface area contributed by atoms with Crippen LogP contribution in [0.3, 0.4) is 0 Å². The van der Waals surface area contributed by atoms with Gasteiger partial charge in [-0.3, -0.25) is 0 Å². The molecule has 0 aromatic heterocycles. The van der Waals surface area contributed by atoms with Gasteiger partial charge in [0.05, 0.1) is 1.37 Å². The van der Waals surface area contributed by atoms with Crippen molar-refractivity contribution in [2.24, 2.45) is 0 Å². The van der Waals surface area contributed by atoms with Gasteiger partial charge in [-0.05, 0) is 0 Å². The van der Waals surface area contributed by atoms with Crippen LogP contribution in [0.2, 0.25) is 0 Å². The summed E-state index contributed by atoms with van der Waals surface area (Å²) in [5, 5.41) is 7.79. The maximum Gasteiger partial charge on any atom is 0.103 e. The lowest BCUT2D eigenvalue weighted by atomic mass is 10.8. The summed E-state index contributed by atoms with van der Waals surface area (Å²) in [4.78, 5) is 0. The Kier molecular flexibility index (Phi) is 1.14. The quantitative estimate of drug-likeness (QED) is 0.375. The second-order valence-electron chi connectivity index (χ2n) is 0.296. The second-order valence-corrected chi connectivity index (χ2v) is 0.296. The van der Waals surface area contributed by atoms with Crippen LogP contribution in [0.1, 0.15) is 1.37 Å². The summed E-state index contributed by atoms with van der Waals surface area (Å²) in [6.07, 6.45) is 4.48. The minimum Gasteiger partial charge on any atom is -0.384 e. The second kappa shape index (κ2) is 2.52. The zero-order valence-corrected chi connectivity index (χ0v) is 2.10. The molecule has 0 rings (SSSR count). The molecule has 0 aliphatic heterocycles. The van der Waals surface area contributed by atoms with Crippen molar-refractivity contribution in [1.82, 2.24) is 0 Å². The van der Waals surface area contributed by atoms with Crippen molar-refractivity contribution in [2.75, 3.05) is 6.58 Å². The fraction of sp³-hybridized carbons (Fsp3) is 0.333. The molecule has 0 aliphatic rings. The topological polar surface area (TPSA) is 20.2 Å². The van der Waals surface area contributed by atoms with Gasteiger partial charge in [0.15, 0.2) is 0 Å². The Morgan fingerprint density at radius 3 is 2.75 bits per heavy atom. The van der Waals surface area contributed by atoms with E-state index in [0.717, 1.165) is 0 Å². The van der Waals surface area contributed by atoms with Crippen LogP contribution in [0.4, 0.5) is 0 Å². The number of rotatable bonds is 0. The lowest BCUT2D eigenvalue weighted by molar-refractivity contribution is 0.351. The van der Waals surface area contributed by atoms with Gasteiger partial charge in [-0.15, -0.1) is 6.42 Å². The molecule has 0 fully saturated rings. The van der Waals surface area contributed by atoms with Crippen molar-refractivity contribution in [3.05, 3.63) is 0 Å². The van der Waals surface area contributed by atoms with Gasteiger partial charge in [0.2, 0.25) is 0 Å². The average Bonchev–Trinajstić information content (AvgIpc) is 1.38. The normalized spacial score (nSPS) is 16.5. The van der Waals surface area contributed by atoms with Crippen LogP contribution >= 0.6 is 0 Å². The Hall–Kier alpha value is -0.480. The number of aliphatic hydroxyl groups is 1. The van der Waals surface area contributed by atoms with Crippen molar-refractivity contribution in [2.45, 2.75) is 0 Å². The first-order chi connectivity index (χ1) is 2.27. The van der Waals surface area contributed by atoms with E-state index in [1.54, 1.807) is 5.92 Å². The van der Waals surface area contributed by atoms with Gasteiger partial charge >= 0.3 is 0 Å². The first kappa shape index (κ1) is 1.80. The van der Waals surface area contributed by atoms with E-state index in [2.05, 4.69) is 6.42 Å². The van der Waals surface area contributed by atoms with Crippen molar-refractivity contribution in [1.29, 1.82) is 0 Å². The summed E-state index contributed by atoms with van der Waals surface area (Å²) in [6.45, 7) is -1.34. The van der Waals surface area contributed by atoms with Gasteiger partial charge < -0.3 is 5.11 Å². The molecule has 0 spiro atoms. The Balaban J connectivity index is 2.94. The minimum atomic E-state index is -1.34. The standard InChI is InChI=1S/C3H4O/c1-2-3-4/h1,4H,3H2/i3D. The third kappa shape index (κ3) is 1.52. The fourth-order valence-corrected chi connectivity index (χ4v) is 0. The van der Waals surface area contributed by atoms with E-state index < -0.39 is 6.58 Å². The van der Waals surface area contributed by atoms with Gasteiger partial charge in [0.1, 0.15) is 6.58 Å². The van der Waals surface area contributed by atoms with Crippen LogP contribution in [0, 0.1) is 12.3 Å². The largest absolute Gasteiger partial charge is 0.384 e. The van der Waals surface area contributed by atoms with Crippen molar-refractivity contribution in [3.8, 4) is 12.3 Å². The van der Waals surface area contributed by atoms with E-state index in [9.17, 15) is 0 Å². The van der Waals surface area contributed by atoms with Crippen LogP contribution in [0.25, 0.3) is 0 Å². The van der Waals surface area contributed by atoms with Gasteiger partial charge in [0.25, 0.3) is 0 Å². The van der Waals surface area contributed by atoms with Gasteiger partial charge in [0, 0.05) is 0 Å². The Bertz CT molecular complexity index is 52.4. The molecule has 0 aromatic rings.